The fourth-order valence-corrected chi connectivity index (χ4v) is 7.05. The van der Waals surface area contributed by atoms with Gasteiger partial charge in [0.1, 0.15) is 6.04 Å². The first-order chi connectivity index (χ1) is 18.2. The highest BCUT2D eigenvalue weighted by molar-refractivity contribution is 7.93. The number of rotatable bonds is 11. The van der Waals surface area contributed by atoms with Crippen LogP contribution in [-0.2, 0) is 26.2 Å². The molecule has 0 spiro atoms. The van der Waals surface area contributed by atoms with Gasteiger partial charge >= 0.3 is 0 Å². The Hall–Kier alpha value is -2.81. The first-order valence-corrected chi connectivity index (χ1v) is 14.9. The number of anilines is 1. The van der Waals surface area contributed by atoms with Crippen molar-refractivity contribution in [3.63, 3.8) is 0 Å². The molecule has 0 aliphatic carbocycles. The molecule has 0 bridgehead atoms. The molecule has 1 N–H and O–H groups in total. The van der Waals surface area contributed by atoms with E-state index in [2.05, 4.69) is 5.32 Å². The van der Waals surface area contributed by atoms with Crippen molar-refractivity contribution in [2.24, 2.45) is 0 Å². The SMILES string of the molecule is CCCNC(=O)C(CC)N(Cc1ccc(Cl)cc1Cl)C(=O)CCCN1c2cccc3cccc(c23)S1(=O)=O. The maximum absolute atomic E-state index is 13.6. The second-order valence-corrected chi connectivity index (χ2v) is 12.0. The minimum atomic E-state index is -3.71. The van der Waals surface area contributed by atoms with Gasteiger partial charge in [0.05, 0.1) is 10.6 Å². The predicted molar refractivity (Wildman–Crippen MR) is 152 cm³/mol. The molecule has 1 unspecified atom stereocenters. The molecule has 1 heterocycles. The Morgan fingerprint density at radius 2 is 1.79 bits per heavy atom. The quantitative estimate of drug-likeness (QED) is 0.314. The Labute approximate surface area is 233 Å². The van der Waals surface area contributed by atoms with Crippen molar-refractivity contribution in [2.75, 3.05) is 17.4 Å². The Balaban J connectivity index is 1.53. The van der Waals surface area contributed by atoms with Crippen molar-refractivity contribution in [3.8, 4) is 0 Å². The molecule has 10 heteroatoms. The van der Waals surface area contributed by atoms with Crippen LogP contribution in [0.3, 0.4) is 0 Å². The highest BCUT2D eigenvalue weighted by Gasteiger charge is 2.35. The van der Waals surface area contributed by atoms with E-state index in [1.807, 2.05) is 32.0 Å². The van der Waals surface area contributed by atoms with E-state index in [9.17, 15) is 18.0 Å². The first kappa shape index (κ1) is 28.2. The third-order valence-corrected chi connectivity index (χ3v) is 9.17. The van der Waals surface area contributed by atoms with Crippen LogP contribution in [0.15, 0.2) is 59.5 Å². The van der Waals surface area contributed by atoms with Gasteiger partial charge in [-0.3, -0.25) is 13.9 Å². The molecular weight excluding hydrogens is 545 g/mol. The van der Waals surface area contributed by atoms with E-state index in [0.29, 0.717) is 46.1 Å². The number of halogens is 2. The van der Waals surface area contributed by atoms with Crippen molar-refractivity contribution in [3.05, 3.63) is 70.2 Å². The van der Waals surface area contributed by atoms with E-state index in [1.54, 1.807) is 36.4 Å². The number of amides is 2. The van der Waals surface area contributed by atoms with Gasteiger partial charge in [-0.05, 0) is 54.5 Å². The summed E-state index contributed by atoms with van der Waals surface area (Å²) in [6.45, 7) is 4.62. The molecule has 0 fully saturated rings. The van der Waals surface area contributed by atoms with Gasteiger partial charge in [-0.1, -0.05) is 67.4 Å². The van der Waals surface area contributed by atoms with Gasteiger partial charge in [-0.2, -0.15) is 0 Å². The summed E-state index contributed by atoms with van der Waals surface area (Å²) in [7, 11) is -3.71. The maximum Gasteiger partial charge on any atom is 0.265 e. The summed E-state index contributed by atoms with van der Waals surface area (Å²) < 4.78 is 27.9. The van der Waals surface area contributed by atoms with Gasteiger partial charge in [0.25, 0.3) is 10.0 Å². The predicted octanol–water partition coefficient (Wildman–Crippen LogP) is 5.77. The van der Waals surface area contributed by atoms with Crippen molar-refractivity contribution in [2.45, 2.75) is 57.0 Å². The maximum atomic E-state index is 13.6. The number of hydrogen-bond acceptors (Lipinski definition) is 4. The Kier molecular flexibility index (Phi) is 8.85. The minimum Gasteiger partial charge on any atom is -0.354 e. The Morgan fingerprint density at radius 3 is 2.47 bits per heavy atom. The summed E-state index contributed by atoms with van der Waals surface area (Å²) in [5, 5.41) is 5.34. The highest BCUT2D eigenvalue weighted by Crippen LogP contribution is 2.42. The third kappa shape index (κ3) is 5.63. The molecule has 202 valence electrons. The highest BCUT2D eigenvalue weighted by atomic mass is 35.5. The minimum absolute atomic E-state index is 0.0705. The number of nitrogens with one attached hydrogen (secondary N) is 1. The van der Waals surface area contributed by atoms with Crippen LogP contribution in [0.4, 0.5) is 5.69 Å². The Bertz CT molecular complexity index is 1460. The fraction of sp³-hybridized carbons (Fsp3) is 0.357. The number of benzene rings is 3. The molecule has 4 rings (SSSR count). The molecule has 1 atom stereocenters. The summed E-state index contributed by atoms with van der Waals surface area (Å²) >= 11 is 12.4. The molecule has 3 aromatic carbocycles. The van der Waals surface area contributed by atoms with E-state index in [1.165, 1.54) is 9.21 Å². The van der Waals surface area contributed by atoms with E-state index in [4.69, 9.17) is 23.2 Å². The normalized spacial score (nSPS) is 14.5. The van der Waals surface area contributed by atoms with Crippen LogP contribution in [0.1, 0.15) is 45.1 Å². The van der Waals surface area contributed by atoms with Crippen molar-refractivity contribution in [1.29, 1.82) is 0 Å². The van der Waals surface area contributed by atoms with E-state index >= 15 is 0 Å². The van der Waals surface area contributed by atoms with Gasteiger partial charge in [0.2, 0.25) is 11.8 Å². The lowest BCUT2D eigenvalue weighted by Gasteiger charge is -2.31. The molecule has 0 radical (unpaired) electrons. The Morgan fingerprint density at radius 1 is 1.05 bits per heavy atom. The lowest BCUT2D eigenvalue weighted by Crippen LogP contribution is -2.49. The molecule has 38 heavy (non-hydrogen) atoms. The van der Waals surface area contributed by atoms with Gasteiger partial charge in [-0.15, -0.1) is 0 Å². The summed E-state index contributed by atoms with van der Waals surface area (Å²) in [5.74, 6) is -0.473. The van der Waals surface area contributed by atoms with E-state index in [0.717, 1.165) is 11.8 Å². The van der Waals surface area contributed by atoms with Gasteiger partial charge in [0.15, 0.2) is 0 Å². The van der Waals surface area contributed by atoms with Crippen LogP contribution < -0.4 is 9.62 Å². The molecule has 2 amide bonds. The largest absolute Gasteiger partial charge is 0.354 e. The first-order valence-electron chi connectivity index (χ1n) is 12.7. The number of carbonyl (C=O) groups excluding carboxylic acids is 2. The molecule has 1 aliphatic rings. The number of hydrogen-bond donors (Lipinski definition) is 1. The molecule has 0 saturated carbocycles. The molecule has 0 aromatic heterocycles. The number of nitrogens with zero attached hydrogens (tertiary/aromatic N) is 2. The molecule has 1 aliphatic heterocycles. The average molecular weight is 577 g/mol. The van der Waals surface area contributed by atoms with Crippen LogP contribution in [0.2, 0.25) is 10.0 Å². The third-order valence-electron chi connectivity index (χ3n) is 6.72. The van der Waals surface area contributed by atoms with Crippen LogP contribution in [0.25, 0.3) is 10.8 Å². The zero-order valence-electron chi connectivity index (χ0n) is 21.4. The summed E-state index contributed by atoms with van der Waals surface area (Å²) in [4.78, 5) is 28.3. The molecule has 3 aromatic rings. The lowest BCUT2D eigenvalue weighted by atomic mass is 10.1. The lowest BCUT2D eigenvalue weighted by molar-refractivity contribution is -0.141. The van der Waals surface area contributed by atoms with Crippen LogP contribution in [0.5, 0.6) is 0 Å². The van der Waals surface area contributed by atoms with Gasteiger partial charge in [0, 0.05) is 41.5 Å². The zero-order chi connectivity index (χ0) is 27.4. The second kappa shape index (κ2) is 11.9. The van der Waals surface area contributed by atoms with Crippen molar-refractivity contribution >= 4 is 61.5 Å². The molecule has 0 saturated heterocycles. The zero-order valence-corrected chi connectivity index (χ0v) is 23.7. The van der Waals surface area contributed by atoms with Crippen LogP contribution in [-0.4, -0.2) is 44.3 Å². The van der Waals surface area contributed by atoms with E-state index < -0.39 is 16.1 Å². The van der Waals surface area contributed by atoms with Crippen molar-refractivity contribution < 1.29 is 18.0 Å². The van der Waals surface area contributed by atoms with Crippen molar-refractivity contribution in [1.82, 2.24) is 10.2 Å². The van der Waals surface area contributed by atoms with Gasteiger partial charge < -0.3 is 10.2 Å². The van der Waals surface area contributed by atoms with Crippen LogP contribution in [0, 0.1) is 0 Å². The number of carbonyl (C=O) groups is 2. The number of sulfonamides is 1. The van der Waals surface area contributed by atoms with Crippen LogP contribution >= 0.6 is 23.2 Å². The monoisotopic (exact) mass is 575 g/mol. The smallest absolute Gasteiger partial charge is 0.265 e. The molecule has 7 nitrogen and oxygen atoms in total. The fourth-order valence-electron chi connectivity index (χ4n) is 4.84. The molecular formula is C28H31Cl2N3O4S. The van der Waals surface area contributed by atoms with E-state index in [-0.39, 0.29) is 36.2 Å². The standard InChI is InChI=1S/C28H31Cl2N3O4S/c1-3-15-31-28(35)23(4-2)32(18-20-13-14-21(29)17-22(20)30)26(34)12-7-16-33-24-10-5-8-19-9-6-11-25(27(19)24)38(33,36)37/h5-6,8-11,13-14,17,23H,3-4,7,12,15-16,18H2,1-2H3,(H,31,35). The average Bonchev–Trinajstić information content (AvgIpc) is 3.11. The summed E-state index contributed by atoms with van der Waals surface area (Å²) in [6, 6.07) is 15.1. The summed E-state index contributed by atoms with van der Waals surface area (Å²) in [6.07, 6.45) is 1.56. The van der Waals surface area contributed by atoms with Gasteiger partial charge in [-0.25, -0.2) is 8.42 Å². The summed E-state index contributed by atoms with van der Waals surface area (Å²) in [5.41, 5.74) is 1.30. The second-order valence-electron chi connectivity index (χ2n) is 9.28. The topological polar surface area (TPSA) is 86.8 Å².